The summed E-state index contributed by atoms with van der Waals surface area (Å²) in [4.78, 5) is 15.6. The van der Waals surface area contributed by atoms with Gasteiger partial charge in [0.25, 0.3) is 0 Å². The second kappa shape index (κ2) is 3.59. The van der Waals surface area contributed by atoms with Crippen LogP contribution in [0.25, 0.3) is 22.6 Å². The van der Waals surface area contributed by atoms with Crippen molar-refractivity contribution >= 4 is 11.1 Å². The fourth-order valence-corrected chi connectivity index (χ4v) is 1.71. The predicted octanol–water partition coefficient (Wildman–Crippen LogP) is 2.30. The number of methoxy groups -OCH3 is 1. The van der Waals surface area contributed by atoms with Crippen molar-refractivity contribution in [3.8, 4) is 17.2 Å². The standard InChI is InChI=1S/C13H9NO3/c1-16-9-3-5-11-13(7-9)17-12-6-8(15)2-4-10(12)14-11/h2-7H,1H3. The van der Waals surface area contributed by atoms with Gasteiger partial charge in [0, 0.05) is 12.1 Å². The Labute approximate surface area is 96.8 Å². The monoisotopic (exact) mass is 227 g/mol. The van der Waals surface area contributed by atoms with Crippen molar-refractivity contribution in [2.24, 2.45) is 0 Å². The molecular weight excluding hydrogens is 218 g/mol. The molecule has 0 aromatic heterocycles. The van der Waals surface area contributed by atoms with Crippen LogP contribution in [0.5, 0.6) is 5.75 Å². The van der Waals surface area contributed by atoms with Crippen LogP contribution in [-0.2, 0) is 0 Å². The van der Waals surface area contributed by atoms with E-state index in [-0.39, 0.29) is 5.43 Å². The van der Waals surface area contributed by atoms with Crippen LogP contribution in [0.15, 0.2) is 45.6 Å². The Morgan fingerprint density at radius 3 is 2.88 bits per heavy atom. The maximum Gasteiger partial charge on any atom is 0.182 e. The molecule has 17 heavy (non-hydrogen) atoms. The molecule has 4 nitrogen and oxygen atoms in total. The van der Waals surface area contributed by atoms with Gasteiger partial charge in [0.1, 0.15) is 17.0 Å². The molecule has 0 saturated heterocycles. The van der Waals surface area contributed by atoms with Crippen molar-refractivity contribution in [1.29, 1.82) is 0 Å². The maximum absolute atomic E-state index is 11.2. The second-order valence-corrected chi connectivity index (χ2v) is 3.68. The molecule has 1 heterocycles. The van der Waals surface area contributed by atoms with E-state index in [0.717, 1.165) is 5.52 Å². The molecule has 1 aliphatic heterocycles. The lowest BCUT2D eigenvalue weighted by molar-refractivity contribution is 0.414. The van der Waals surface area contributed by atoms with Gasteiger partial charge in [0.05, 0.1) is 7.11 Å². The highest BCUT2D eigenvalue weighted by atomic mass is 16.5. The largest absolute Gasteiger partial charge is 0.497 e. The molecule has 0 N–H and O–H groups in total. The van der Waals surface area contributed by atoms with Gasteiger partial charge in [-0.05, 0) is 24.3 Å². The van der Waals surface area contributed by atoms with E-state index in [9.17, 15) is 4.79 Å². The lowest BCUT2D eigenvalue weighted by atomic mass is 10.2. The van der Waals surface area contributed by atoms with Crippen molar-refractivity contribution in [2.45, 2.75) is 0 Å². The molecule has 1 aromatic carbocycles. The summed E-state index contributed by atoms with van der Waals surface area (Å²) in [5, 5.41) is 0. The zero-order chi connectivity index (χ0) is 11.8. The van der Waals surface area contributed by atoms with E-state index in [1.165, 1.54) is 12.1 Å². The summed E-state index contributed by atoms with van der Waals surface area (Å²) in [7, 11) is 1.59. The Balaban J connectivity index is 2.37. The van der Waals surface area contributed by atoms with Gasteiger partial charge in [0.2, 0.25) is 0 Å². The van der Waals surface area contributed by atoms with Crippen LogP contribution in [0.3, 0.4) is 0 Å². The average molecular weight is 227 g/mol. The summed E-state index contributed by atoms with van der Waals surface area (Å²) in [6, 6.07) is 9.95. The van der Waals surface area contributed by atoms with Gasteiger partial charge in [-0.15, -0.1) is 0 Å². The van der Waals surface area contributed by atoms with Crippen molar-refractivity contribution in [3.05, 3.63) is 46.6 Å². The lowest BCUT2D eigenvalue weighted by Gasteiger charge is -2.06. The molecule has 0 atom stereocenters. The van der Waals surface area contributed by atoms with E-state index in [0.29, 0.717) is 22.8 Å². The zero-order valence-electron chi connectivity index (χ0n) is 9.14. The minimum atomic E-state index is -0.0923. The minimum absolute atomic E-state index is 0.0923. The number of benzene rings is 2. The van der Waals surface area contributed by atoms with Crippen LogP contribution >= 0.6 is 0 Å². The van der Waals surface area contributed by atoms with Crippen molar-refractivity contribution in [3.63, 3.8) is 0 Å². The molecule has 0 unspecified atom stereocenters. The number of aromatic nitrogens is 1. The van der Waals surface area contributed by atoms with Crippen LogP contribution in [0.1, 0.15) is 0 Å². The average Bonchev–Trinajstić information content (AvgIpc) is 2.35. The quantitative estimate of drug-likeness (QED) is 0.598. The Morgan fingerprint density at radius 2 is 2.06 bits per heavy atom. The Bertz CT molecular complexity index is 717. The van der Waals surface area contributed by atoms with E-state index in [1.54, 1.807) is 19.2 Å². The number of nitrogens with zero attached hydrogens (tertiary/aromatic N) is 1. The van der Waals surface area contributed by atoms with Crippen LogP contribution in [-0.4, -0.2) is 12.1 Å². The van der Waals surface area contributed by atoms with Gasteiger partial charge in [-0.25, -0.2) is 4.98 Å². The van der Waals surface area contributed by atoms with Crippen LogP contribution < -0.4 is 10.2 Å². The Morgan fingerprint density at radius 1 is 1.18 bits per heavy atom. The third-order valence-corrected chi connectivity index (χ3v) is 2.56. The highest BCUT2D eigenvalue weighted by molar-refractivity contribution is 5.77. The van der Waals surface area contributed by atoms with Gasteiger partial charge < -0.3 is 9.15 Å². The SMILES string of the molecule is COc1ccc2nc3ccc(=O)cc-3oc2c1. The summed E-state index contributed by atoms with van der Waals surface area (Å²) < 4.78 is 10.7. The van der Waals surface area contributed by atoms with Crippen molar-refractivity contribution < 1.29 is 9.15 Å². The second-order valence-electron chi connectivity index (χ2n) is 3.68. The molecule has 4 heteroatoms. The molecular formula is C13H9NO3. The third kappa shape index (κ3) is 1.63. The Kier molecular flexibility index (Phi) is 2.08. The third-order valence-electron chi connectivity index (χ3n) is 2.56. The van der Waals surface area contributed by atoms with Crippen LogP contribution in [0, 0.1) is 0 Å². The number of hydrogen-bond donors (Lipinski definition) is 0. The van der Waals surface area contributed by atoms with Gasteiger partial charge in [-0.1, -0.05) is 0 Å². The van der Waals surface area contributed by atoms with Gasteiger partial charge in [-0.3, -0.25) is 4.79 Å². The first kappa shape index (κ1) is 9.84. The number of rotatable bonds is 1. The molecule has 3 rings (SSSR count). The van der Waals surface area contributed by atoms with Gasteiger partial charge >= 0.3 is 0 Å². The highest BCUT2D eigenvalue weighted by Crippen LogP contribution is 2.26. The normalized spacial score (nSPS) is 10.9. The van der Waals surface area contributed by atoms with Gasteiger partial charge in [-0.2, -0.15) is 0 Å². The molecule has 0 saturated carbocycles. The van der Waals surface area contributed by atoms with Crippen molar-refractivity contribution in [1.82, 2.24) is 4.98 Å². The molecule has 84 valence electrons. The van der Waals surface area contributed by atoms with E-state index in [1.807, 2.05) is 12.1 Å². The summed E-state index contributed by atoms with van der Waals surface area (Å²) in [6.45, 7) is 0. The van der Waals surface area contributed by atoms with Crippen LogP contribution in [0.2, 0.25) is 0 Å². The molecule has 0 fully saturated rings. The number of fused-ring (bicyclic) bond motifs is 2. The molecule has 2 aliphatic rings. The molecule has 0 bridgehead atoms. The van der Waals surface area contributed by atoms with Crippen molar-refractivity contribution in [2.75, 3.05) is 7.11 Å². The highest BCUT2D eigenvalue weighted by Gasteiger charge is 2.09. The van der Waals surface area contributed by atoms with E-state index in [2.05, 4.69) is 4.98 Å². The summed E-state index contributed by atoms with van der Waals surface area (Å²) >= 11 is 0. The predicted molar refractivity (Wildman–Crippen MR) is 63.5 cm³/mol. The fourth-order valence-electron chi connectivity index (χ4n) is 1.71. The zero-order valence-corrected chi connectivity index (χ0v) is 9.14. The van der Waals surface area contributed by atoms with E-state index >= 15 is 0 Å². The summed E-state index contributed by atoms with van der Waals surface area (Å²) in [5.74, 6) is 1.18. The summed E-state index contributed by atoms with van der Waals surface area (Å²) in [6.07, 6.45) is 0. The Hall–Kier alpha value is -2.36. The smallest absolute Gasteiger partial charge is 0.182 e. The summed E-state index contributed by atoms with van der Waals surface area (Å²) in [5.41, 5.74) is 1.91. The maximum atomic E-state index is 11.2. The molecule has 1 aliphatic carbocycles. The molecule has 0 radical (unpaired) electrons. The molecule has 0 amide bonds. The fraction of sp³-hybridized carbons (Fsp3) is 0.0769. The minimum Gasteiger partial charge on any atom is -0.497 e. The first-order chi connectivity index (χ1) is 8.26. The van der Waals surface area contributed by atoms with Crippen LogP contribution in [0.4, 0.5) is 0 Å². The molecule has 0 spiro atoms. The van der Waals surface area contributed by atoms with E-state index in [4.69, 9.17) is 9.15 Å². The van der Waals surface area contributed by atoms with Gasteiger partial charge in [0.15, 0.2) is 16.8 Å². The lowest BCUT2D eigenvalue weighted by Crippen LogP contribution is -1.99. The number of hydrogen-bond acceptors (Lipinski definition) is 4. The first-order valence-electron chi connectivity index (χ1n) is 5.15. The first-order valence-corrected chi connectivity index (χ1v) is 5.15. The van der Waals surface area contributed by atoms with E-state index < -0.39 is 0 Å². The molecule has 1 aromatic rings. The number of ether oxygens (including phenoxy) is 1. The topological polar surface area (TPSA) is 52.3 Å².